The lowest BCUT2D eigenvalue weighted by Crippen LogP contribution is -2.59. The lowest BCUT2D eigenvalue weighted by molar-refractivity contribution is -0.0498. The maximum absolute atomic E-state index is 12.7. The van der Waals surface area contributed by atoms with E-state index in [0.717, 1.165) is 73.9 Å². The molecule has 2 aliphatic heterocycles. The fraction of sp³-hybridized carbons (Fsp3) is 0.600. The SMILES string of the molecule is CC[C@@H]1CN(c2nc3nncn3c3c2nc(C)n3C[C@@H]2CCCO2)[C@@H](C)CN1C(c1ccc(OC(F)F)cc1)C(C)C. The fourth-order valence-corrected chi connectivity index (χ4v) is 6.83. The van der Waals surface area contributed by atoms with Crippen LogP contribution in [0.4, 0.5) is 14.6 Å². The first kappa shape index (κ1) is 28.7. The zero-order valence-electron chi connectivity index (χ0n) is 25.0. The Morgan fingerprint density at radius 3 is 2.57 bits per heavy atom. The first-order chi connectivity index (χ1) is 20.2. The highest BCUT2D eigenvalue weighted by atomic mass is 19.3. The zero-order chi connectivity index (χ0) is 29.5. The topological polar surface area (TPSA) is 85.8 Å². The van der Waals surface area contributed by atoms with Crippen LogP contribution < -0.4 is 9.64 Å². The standard InChI is InChI=1S/C30H40F2N8O2/c1-6-22-15-37(19(4)14-39(22)26(18(2)3)21-9-11-23(12-10-21)42-29(31)32)27-25-28(40-17-33-36-30(40)35-27)38(20(5)34-25)16-24-8-7-13-41-24/h9-12,17-19,22,24,26,29H,6-8,13-16H2,1-5H3/t19-,22+,24-,26?/m0/s1. The first-order valence-corrected chi connectivity index (χ1v) is 15.0. The van der Waals surface area contributed by atoms with Crippen LogP contribution in [-0.4, -0.2) is 78.5 Å². The molecule has 2 aliphatic rings. The van der Waals surface area contributed by atoms with Crippen molar-refractivity contribution >= 4 is 22.8 Å². The van der Waals surface area contributed by atoms with Crippen LogP contribution in [0.15, 0.2) is 30.6 Å². The van der Waals surface area contributed by atoms with Crippen molar-refractivity contribution in [2.45, 2.75) is 91.3 Å². The highest BCUT2D eigenvalue weighted by molar-refractivity contribution is 5.87. The van der Waals surface area contributed by atoms with Gasteiger partial charge in [0, 0.05) is 37.8 Å². The van der Waals surface area contributed by atoms with Crippen LogP contribution in [0.5, 0.6) is 5.75 Å². The van der Waals surface area contributed by atoms with Crippen LogP contribution in [0.3, 0.4) is 0 Å². The molecular weight excluding hydrogens is 542 g/mol. The number of nitrogens with zero attached hydrogens (tertiary/aromatic N) is 8. The average Bonchev–Trinajstić information content (AvgIpc) is 3.70. The minimum Gasteiger partial charge on any atom is -0.435 e. The number of hydrogen-bond acceptors (Lipinski definition) is 8. The highest BCUT2D eigenvalue weighted by Gasteiger charge is 2.38. The van der Waals surface area contributed by atoms with E-state index in [1.165, 1.54) is 0 Å². The van der Waals surface area contributed by atoms with Gasteiger partial charge in [0.15, 0.2) is 11.5 Å². The van der Waals surface area contributed by atoms with Gasteiger partial charge in [-0.3, -0.25) is 4.90 Å². The summed E-state index contributed by atoms with van der Waals surface area (Å²) in [5, 5.41) is 8.52. The van der Waals surface area contributed by atoms with Gasteiger partial charge >= 0.3 is 6.61 Å². The third-order valence-corrected chi connectivity index (χ3v) is 8.78. The van der Waals surface area contributed by atoms with Crippen molar-refractivity contribution in [3.8, 4) is 5.75 Å². The maximum atomic E-state index is 12.7. The monoisotopic (exact) mass is 582 g/mol. The van der Waals surface area contributed by atoms with Crippen LogP contribution in [0.2, 0.25) is 0 Å². The Hall–Kier alpha value is -3.38. The molecule has 226 valence electrons. The molecule has 1 unspecified atom stereocenters. The second-order valence-corrected chi connectivity index (χ2v) is 11.9. The summed E-state index contributed by atoms with van der Waals surface area (Å²) in [6, 6.07) is 7.62. The highest BCUT2D eigenvalue weighted by Crippen LogP contribution is 2.37. The van der Waals surface area contributed by atoms with E-state index in [0.29, 0.717) is 11.7 Å². The number of rotatable bonds is 9. The number of halogens is 2. The Morgan fingerprint density at radius 2 is 1.90 bits per heavy atom. The van der Waals surface area contributed by atoms with Gasteiger partial charge in [-0.05, 0) is 56.7 Å². The molecule has 4 atom stereocenters. The molecule has 10 nitrogen and oxygen atoms in total. The maximum Gasteiger partial charge on any atom is 0.387 e. The molecule has 0 spiro atoms. The minimum absolute atomic E-state index is 0.125. The van der Waals surface area contributed by atoms with Gasteiger partial charge in [-0.15, -0.1) is 10.2 Å². The van der Waals surface area contributed by atoms with E-state index < -0.39 is 6.61 Å². The Balaban J connectivity index is 1.34. The van der Waals surface area contributed by atoms with E-state index in [2.05, 4.69) is 57.0 Å². The number of anilines is 1. The normalized spacial score (nSPS) is 22.7. The second-order valence-electron chi connectivity index (χ2n) is 11.9. The third-order valence-electron chi connectivity index (χ3n) is 8.78. The van der Waals surface area contributed by atoms with Gasteiger partial charge in [-0.25, -0.2) is 9.38 Å². The molecule has 2 saturated heterocycles. The number of hydrogen-bond donors (Lipinski definition) is 0. The summed E-state index contributed by atoms with van der Waals surface area (Å²) in [5.74, 6) is 2.80. The zero-order valence-corrected chi connectivity index (χ0v) is 25.0. The van der Waals surface area contributed by atoms with Crippen LogP contribution in [0, 0.1) is 12.8 Å². The molecule has 4 aromatic rings. The number of alkyl halides is 2. The van der Waals surface area contributed by atoms with Crippen molar-refractivity contribution in [2.24, 2.45) is 5.92 Å². The molecule has 1 aromatic carbocycles. The van der Waals surface area contributed by atoms with Crippen LogP contribution in [-0.2, 0) is 11.3 Å². The van der Waals surface area contributed by atoms with Gasteiger partial charge in [0.05, 0.1) is 12.6 Å². The summed E-state index contributed by atoms with van der Waals surface area (Å²) in [5.41, 5.74) is 2.89. The van der Waals surface area contributed by atoms with E-state index in [4.69, 9.17) is 14.7 Å². The predicted octanol–water partition coefficient (Wildman–Crippen LogP) is 5.25. The molecule has 12 heteroatoms. The largest absolute Gasteiger partial charge is 0.435 e. The molecule has 3 aromatic heterocycles. The fourth-order valence-electron chi connectivity index (χ4n) is 6.83. The summed E-state index contributed by atoms with van der Waals surface area (Å²) in [7, 11) is 0. The summed E-state index contributed by atoms with van der Waals surface area (Å²) < 4.78 is 40.2. The Bertz CT molecular complexity index is 1520. The lowest BCUT2D eigenvalue weighted by atomic mass is 9.90. The summed E-state index contributed by atoms with van der Waals surface area (Å²) in [4.78, 5) is 15.0. The number of aryl methyl sites for hydroxylation is 1. The molecule has 42 heavy (non-hydrogen) atoms. The summed E-state index contributed by atoms with van der Waals surface area (Å²) >= 11 is 0. The van der Waals surface area contributed by atoms with Crippen molar-refractivity contribution in [3.05, 3.63) is 42.0 Å². The third kappa shape index (κ3) is 5.30. The molecule has 0 N–H and O–H groups in total. The number of benzene rings is 1. The number of ether oxygens (including phenoxy) is 2. The van der Waals surface area contributed by atoms with Crippen molar-refractivity contribution < 1.29 is 18.3 Å². The van der Waals surface area contributed by atoms with Crippen molar-refractivity contribution in [1.82, 2.24) is 34.0 Å². The van der Waals surface area contributed by atoms with Crippen molar-refractivity contribution in [2.75, 3.05) is 24.6 Å². The summed E-state index contributed by atoms with van der Waals surface area (Å²) in [6.07, 6.45) is 4.94. The molecule has 6 rings (SSSR count). The molecule has 0 aliphatic carbocycles. The van der Waals surface area contributed by atoms with Crippen LogP contribution >= 0.6 is 0 Å². The molecule has 5 heterocycles. The first-order valence-electron chi connectivity index (χ1n) is 15.0. The van der Waals surface area contributed by atoms with Crippen molar-refractivity contribution in [3.63, 3.8) is 0 Å². The van der Waals surface area contributed by atoms with Crippen LogP contribution in [0.1, 0.15) is 64.4 Å². The van der Waals surface area contributed by atoms with Crippen LogP contribution in [0.25, 0.3) is 16.9 Å². The number of piperazine rings is 1. The van der Waals surface area contributed by atoms with E-state index in [1.807, 2.05) is 23.5 Å². The molecule has 2 fully saturated rings. The van der Waals surface area contributed by atoms with E-state index >= 15 is 0 Å². The van der Waals surface area contributed by atoms with Gasteiger partial charge in [0.25, 0.3) is 5.78 Å². The number of aromatic nitrogens is 6. The second kappa shape index (κ2) is 11.7. The number of imidazole rings is 1. The summed E-state index contributed by atoms with van der Waals surface area (Å²) in [6.45, 7) is 11.2. The lowest BCUT2D eigenvalue weighted by Gasteiger charge is -2.50. The predicted molar refractivity (Wildman–Crippen MR) is 156 cm³/mol. The van der Waals surface area contributed by atoms with E-state index in [-0.39, 0.29) is 30.0 Å². The quantitative estimate of drug-likeness (QED) is 0.265. The van der Waals surface area contributed by atoms with E-state index in [9.17, 15) is 8.78 Å². The van der Waals surface area contributed by atoms with Gasteiger partial charge < -0.3 is 18.9 Å². The molecule has 0 radical (unpaired) electrons. The Morgan fingerprint density at radius 1 is 1.12 bits per heavy atom. The smallest absolute Gasteiger partial charge is 0.387 e. The van der Waals surface area contributed by atoms with Gasteiger partial charge in [0.1, 0.15) is 23.4 Å². The van der Waals surface area contributed by atoms with Gasteiger partial charge in [0.2, 0.25) is 0 Å². The Kier molecular flexibility index (Phi) is 8.01. The van der Waals surface area contributed by atoms with E-state index in [1.54, 1.807) is 18.5 Å². The van der Waals surface area contributed by atoms with Gasteiger partial charge in [-0.1, -0.05) is 32.9 Å². The molecule has 0 bridgehead atoms. The molecular formula is C30H40F2N8O2. The number of fused-ring (bicyclic) bond motifs is 3. The minimum atomic E-state index is -2.83. The van der Waals surface area contributed by atoms with Crippen molar-refractivity contribution in [1.29, 1.82) is 0 Å². The molecule has 0 amide bonds. The Labute approximate surface area is 244 Å². The molecule has 0 saturated carbocycles. The average molecular weight is 583 g/mol. The van der Waals surface area contributed by atoms with Gasteiger partial charge in [-0.2, -0.15) is 13.8 Å².